The molecule has 0 bridgehead atoms. The minimum atomic E-state index is -1.02. The molecule has 0 spiro atoms. The number of ketones is 1. The number of hydrogen-bond acceptors (Lipinski definition) is 4. The van der Waals surface area contributed by atoms with Crippen LogP contribution in [0.1, 0.15) is 24.8 Å². The summed E-state index contributed by atoms with van der Waals surface area (Å²) < 4.78 is 5.93. The topological polar surface area (TPSA) is 75.6 Å². The molecule has 1 saturated heterocycles. The highest BCUT2D eigenvalue weighted by atomic mass is 16.5. The fourth-order valence-corrected chi connectivity index (χ4v) is 3.47. The van der Waals surface area contributed by atoms with Gasteiger partial charge in [-0.05, 0) is 24.8 Å². The minimum absolute atomic E-state index is 0.0275. The Morgan fingerprint density at radius 1 is 1.27 bits per heavy atom. The monoisotopic (exact) mass is 303 g/mol. The van der Waals surface area contributed by atoms with Crippen molar-refractivity contribution in [2.24, 2.45) is 11.8 Å². The quantitative estimate of drug-likeness (QED) is 0.827. The lowest BCUT2D eigenvalue weighted by Gasteiger charge is -2.40. The van der Waals surface area contributed by atoms with Crippen LogP contribution in [0.25, 0.3) is 0 Å². The lowest BCUT2D eigenvalue weighted by atomic mass is 9.74. The first-order valence-corrected chi connectivity index (χ1v) is 7.80. The van der Waals surface area contributed by atoms with Crippen molar-refractivity contribution in [1.29, 1.82) is 0 Å². The molecular formula is C17H21NO4. The van der Waals surface area contributed by atoms with Gasteiger partial charge in [-0.3, -0.25) is 9.59 Å². The van der Waals surface area contributed by atoms with Gasteiger partial charge in [-0.1, -0.05) is 30.3 Å². The number of carbonyl (C=O) groups excluding carboxylic acids is 1. The van der Waals surface area contributed by atoms with Crippen LogP contribution in [0.4, 0.5) is 0 Å². The second-order valence-corrected chi connectivity index (χ2v) is 6.15. The molecule has 0 radical (unpaired) electrons. The summed E-state index contributed by atoms with van der Waals surface area (Å²) in [7, 11) is 0. The predicted molar refractivity (Wildman–Crippen MR) is 80.3 cm³/mol. The van der Waals surface area contributed by atoms with Crippen LogP contribution in [-0.2, 0) is 20.9 Å². The molecular weight excluding hydrogens is 282 g/mol. The summed E-state index contributed by atoms with van der Waals surface area (Å²) in [4.78, 5) is 23.5. The maximum atomic E-state index is 12.3. The van der Waals surface area contributed by atoms with Crippen LogP contribution < -0.4 is 5.32 Å². The third-order valence-electron chi connectivity index (χ3n) is 4.72. The summed E-state index contributed by atoms with van der Waals surface area (Å²) in [6.07, 6.45) is 2.42. The van der Waals surface area contributed by atoms with E-state index in [1.54, 1.807) is 0 Å². The number of rotatable bonds is 4. The number of hydrogen-bond donors (Lipinski definition) is 2. The van der Waals surface area contributed by atoms with E-state index in [9.17, 15) is 9.59 Å². The van der Waals surface area contributed by atoms with Gasteiger partial charge in [0, 0.05) is 18.5 Å². The Morgan fingerprint density at radius 3 is 2.77 bits per heavy atom. The molecule has 0 amide bonds. The Labute approximate surface area is 129 Å². The Bertz CT molecular complexity index is 545. The van der Waals surface area contributed by atoms with Crippen molar-refractivity contribution in [1.82, 2.24) is 5.32 Å². The molecule has 1 aromatic carbocycles. The highest BCUT2D eigenvalue weighted by Crippen LogP contribution is 2.32. The van der Waals surface area contributed by atoms with Crippen LogP contribution in [-0.4, -0.2) is 35.5 Å². The van der Waals surface area contributed by atoms with Gasteiger partial charge in [-0.15, -0.1) is 0 Å². The van der Waals surface area contributed by atoms with Crippen molar-refractivity contribution >= 4 is 11.8 Å². The average molecular weight is 303 g/mol. The first kappa shape index (κ1) is 15.2. The maximum absolute atomic E-state index is 12.3. The summed E-state index contributed by atoms with van der Waals surface area (Å²) in [5.41, 5.74) is 1.11. The first-order valence-electron chi connectivity index (χ1n) is 7.80. The van der Waals surface area contributed by atoms with Crippen molar-refractivity contribution < 1.29 is 19.4 Å². The van der Waals surface area contributed by atoms with E-state index < -0.39 is 11.9 Å². The van der Waals surface area contributed by atoms with Crippen molar-refractivity contribution in [3.05, 3.63) is 35.9 Å². The summed E-state index contributed by atoms with van der Waals surface area (Å²) in [6, 6.07) is 10.1. The summed E-state index contributed by atoms with van der Waals surface area (Å²) in [5, 5.41) is 12.3. The van der Waals surface area contributed by atoms with Crippen molar-refractivity contribution in [2.75, 3.05) is 6.54 Å². The number of nitrogens with one attached hydrogen (secondary N) is 1. The van der Waals surface area contributed by atoms with Gasteiger partial charge in [-0.25, -0.2) is 0 Å². The van der Waals surface area contributed by atoms with Gasteiger partial charge in [0.05, 0.1) is 12.7 Å². The molecule has 2 N–H and O–H groups in total. The van der Waals surface area contributed by atoms with E-state index in [1.165, 1.54) is 0 Å². The van der Waals surface area contributed by atoms with E-state index in [2.05, 4.69) is 5.32 Å². The fraction of sp³-hybridized carbons (Fsp3) is 0.529. The number of aliphatic carboxylic acids is 1. The van der Waals surface area contributed by atoms with E-state index in [0.717, 1.165) is 18.4 Å². The standard InChI is InChI=1S/C17H21NO4/c19-16-13-8-12(22-10-11-4-2-1-3-5-11)6-7-15(13)18-9-14(16)17(20)21/h1-5,12-15,18H,6-10H2,(H,20,21). The normalized spacial score (nSPS) is 31.5. The SMILES string of the molecule is O=C(O)C1CNC2CCC(OCc3ccccc3)CC2C1=O. The number of carbonyl (C=O) groups is 2. The Morgan fingerprint density at radius 2 is 2.05 bits per heavy atom. The number of piperidine rings is 1. The third kappa shape index (κ3) is 3.20. The Kier molecular flexibility index (Phi) is 4.55. The zero-order valence-corrected chi connectivity index (χ0v) is 12.4. The molecule has 3 rings (SSSR count). The number of benzene rings is 1. The highest BCUT2D eigenvalue weighted by molar-refractivity contribution is 6.00. The van der Waals surface area contributed by atoms with Crippen molar-refractivity contribution in [2.45, 2.75) is 38.0 Å². The number of Topliss-reactive ketones (excluding diaryl/α,β-unsaturated/α-hetero) is 1. The molecule has 1 aliphatic carbocycles. The molecule has 5 nitrogen and oxygen atoms in total. The van der Waals surface area contributed by atoms with Gasteiger partial charge in [0.1, 0.15) is 5.92 Å². The average Bonchev–Trinajstić information content (AvgIpc) is 2.54. The number of fused-ring (bicyclic) bond motifs is 1. The maximum Gasteiger partial charge on any atom is 0.315 e. The largest absolute Gasteiger partial charge is 0.481 e. The summed E-state index contributed by atoms with van der Waals surface area (Å²) >= 11 is 0. The van der Waals surface area contributed by atoms with Crippen LogP contribution >= 0.6 is 0 Å². The van der Waals surface area contributed by atoms with Crippen molar-refractivity contribution in [3.8, 4) is 0 Å². The zero-order valence-electron chi connectivity index (χ0n) is 12.4. The van der Waals surface area contributed by atoms with Crippen LogP contribution in [0.15, 0.2) is 30.3 Å². The molecule has 2 fully saturated rings. The lowest BCUT2D eigenvalue weighted by Crippen LogP contribution is -2.56. The molecule has 1 aromatic rings. The lowest BCUT2D eigenvalue weighted by molar-refractivity contribution is -0.151. The first-order chi connectivity index (χ1) is 10.6. The highest BCUT2D eigenvalue weighted by Gasteiger charge is 2.44. The Balaban J connectivity index is 1.59. The molecule has 0 aromatic heterocycles. The zero-order chi connectivity index (χ0) is 15.5. The van der Waals surface area contributed by atoms with Gasteiger partial charge in [0.25, 0.3) is 0 Å². The van der Waals surface area contributed by atoms with E-state index in [1.807, 2.05) is 30.3 Å². The second kappa shape index (κ2) is 6.58. The van der Waals surface area contributed by atoms with E-state index in [0.29, 0.717) is 13.0 Å². The van der Waals surface area contributed by atoms with Crippen LogP contribution in [0, 0.1) is 11.8 Å². The third-order valence-corrected chi connectivity index (χ3v) is 4.72. The molecule has 4 atom stereocenters. The number of carboxylic acid groups (broad SMARTS) is 1. The molecule has 22 heavy (non-hydrogen) atoms. The van der Waals surface area contributed by atoms with Crippen LogP contribution in [0.5, 0.6) is 0 Å². The van der Waals surface area contributed by atoms with Crippen molar-refractivity contribution in [3.63, 3.8) is 0 Å². The van der Waals surface area contributed by atoms with E-state index in [4.69, 9.17) is 9.84 Å². The smallest absolute Gasteiger partial charge is 0.315 e. The molecule has 118 valence electrons. The molecule has 1 saturated carbocycles. The van der Waals surface area contributed by atoms with Gasteiger partial charge in [0.2, 0.25) is 0 Å². The van der Waals surface area contributed by atoms with E-state index in [-0.39, 0.29) is 30.4 Å². The van der Waals surface area contributed by atoms with Crippen LogP contribution in [0.2, 0.25) is 0 Å². The summed E-state index contributed by atoms with van der Waals surface area (Å²) in [5.74, 6) is -2.30. The molecule has 1 heterocycles. The molecule has 5 heteroatoms. The minimum Gasteiger partial charge on any atom is -0.481 e. The summed E-state index contributed by atoms with van der Waals surface area (Å²) in [6.45, 7) is 0.789. The number of carboxylic acids is 1. The molecule has 1 aliphatic heterocycles. The second-order valence-electron chi connectivity index (χ2n) is 6.15. The van der Waals surface area contributed by atoms with Crippen LogP contribution in [0.3, 0.4) is 0 Å². The van der Waals surface area contributed by atoms with Gasteiger partial charge >= 0.3 is 5.97 Å². The van der Waals surface area contributed by atoms with Gasteiger partial charge < -0.3 is 15.2 Å². The van der Waals surface area contributed by atoms with Gasteiger partial charge in [-0.2, -0.15) is 0 Å². The predicted octanol–water partition coefficient (Wildman–Crippen LogP) is 1.61. The molecule has 4 unspecified atom stereocenters. The molecule has 2 aliphatic rings. The fourth-order valence-electron chi connectivity index (χ4n) is 3.47. The van der Waals surface area contributed by atoms with E-state index >= 15 is 0 Å². The van der Waals surface area contributed by atoms with Gasteiger partial charge in [0.15, 0.2) is 5.78 Å². The Hall–Kier alpha value is -1.72. The number of ether oxygens (including phenoxy) is 1.